The third kappa shape index (κ3) is 4.22. The zero-order chi connectivity index (χ0) is 12.0. The normalized spacial score (nSPS) is 12.8. The first-order valence-electron chi connectivity index (χ1n) is 5.84. The Hall–Kier alpha value is -0.410. The molecule has 0 aromatic heterocycles. The molecule has 0 fully saturated rings. The van der Waals surface area contributed by atoms with Crippen LogP contribution in [-0.2, 0) is 6.42 Å². The second-order valence-electron chi connectivity index (χ2n) is 4.00. The van der Waals surface area contributed by atoms with Gasteiger partial charge < -0.3 is 5.32 Å². The summed E-state index contributed by atoms with van der Waals surface area (Å²) in [7, 11) is 0. The number of likely N-dealkylation sites (N-methyl/N-ethyl adjacent to an activating group) is 1. The Balaban J connectivity index is 2.65. The van der Waals surface area contributed by atoms with Crippen molar-refractivity contribution in [1.82, 2.24) is 5.32 Å². The predicted octanol–water partition coefficient (Wildman–Crippen LogP) is 3.91. The van der Waals surface area contributed by atoms with E-state index in [2.05, 4.69) is 35.1 Å². The number of nitrogens with one attached hydrogen (secondary N) is 1. The Morgan fingerprint density at radius 2 is 2.12 bits per heavy atom. The van der Waals surface area contributed by atoms with E-state index < -0.39 is 0 Å². The quantitative estimate of drug-likeness (QED) is 0.837. The van der Waals surface area contributed by atoms with Gasteiger partial charge in [-0.2, -0.15) is 0 Å². The summed E-state index contributed by atoms with van der Waals surface area (Å²) in [5, 5.41) is 3.46. The topological polar surface area (TPSA) is 12.0 Å². The fourth-order valence-corrected chi connectivity index (χ4v) is 2.29. The third-order valence-corrected chi connectivity index (χ3v) is 3.20. The Bertz CT molecular complexity index is 322. The van der Waals surface area contributed by atoms with Gasteiger partial charge in [0.15, 0.2) is 0 Å². The molecular weight excluding hydrogens is 269 g/mol. The van der Waals surface area contributed by atoms with E-state index in [9.17, 15) is 4.39 Å². The highest BCUT2D eigenvalue weighted by Crippen LogP contribution is 2.18. The van der Waals surface area contributed by atoms with Crippen LogP contribution in [0.1, 0.15) is 32.3 Å². The molecule has 0 radical (unpaired) electrons. The molecule has 1 unspecified atom stereocenters. The van der Waals surface area contributed by atoms with Gasteiger partial charge in [0.25, 0.3) is 0 Å². The molecule has 1 aromatic rings. The SMILES string of the molecule is CCCC(Cc1ccc(F)c(Br)c1)NCC. The van der Waals surface area contributed by atoms with Gasteiger partial charge in [0.1, 0.15) is 5.82 Å². The molecule has 0 bridgehead atoms. The van der Waals surface area contributed by atoms with Crippen molar-refractivity contribution in [3.05, 3.63) is 34.1 Å². The Morgan fingerprint density at radius 3 is 2.69 bits per heavy atom. The van der Waals surface area contributed by atoms with Gasteiger partial charge in [-0.1, -0.05) is 26.3 Å². The summed E-state index contributed by atoms with van der Waals surface area (Å²) in [6.45, 7) is 5.28. The molecule has 1 rings (SSSR count). The van der Waals surface area contributed by atoms with Gasteiger partial charge in [-0.05, 0) is 53.0 Å². The zero-order valence-corrected chi connectivity index (χ0v) is 11.5. The smallest absolute Gasteiger partial charge is 0.137 e. The molecule has 1 nitrogen and oxygen atoms in total. The molecule has 0 saturated carbocycles. The molecule has 1 aromatic carbocycles. The summed E-state index contributed by atoms with van der Waals surface area (Å²) in [4.78, 5) is 0. The zero-order valence-electron chi connectivity index (χ0n) is 9.89. The molecule has 16 heavy (non-hydrogen) atoms. The van der Waals surface area contributed by atoms with Crippen molar-refractivity contribution < 1.29 is 4.39 Å². The first-order valence-corrected chi connectivity index (χ1v) is 6.64. The highest BCUT2D eigenvalue weighted by atomic mass is 79.9. The molecular formula is C13H19BrFN. The minimum atomic E-state index is -0.195. The van der Waals surface area contributed by atoms with Crippen molar-refractivity contribution in [1.29, 1.82) is 0 Å². The monoisotopic (exact) mass is 287 g/mol. The standard InChI is InChI=1S/C13H19BrFN/c1-3-5-11(16-4-2)8-10-6-7-13(15)12(14)9-10/h6-7,9,11,16H,3-5,8H2,1-2H3. The van der Waals surface area contributed by atoms with E-state index in [0.717, 1.165) is 19.4 Å². The minimum Gasteiger partial charge on any atom is -0.314 e. The maximum Gasteiger partial charge on any atom is 0.137 e. The maximum atomic E-state index is 13.1. The van der Waals surface area contributed by atoms with Crippen molar-refractivity contribution in [3.8, 4) is 0 Å². The van der Waals surface area contributed by atoms with Crippen molar-refractivity contribution >= 4 is 15.9 Å². The average molecular weight is 288 g/mol. The number of benzene rings is 1. The molecule has 0 aliphatic rings. The molecule has 1 N–H and O–H groups in total. The number of rotatable bonds is 6. The lowest BCUT2D eigenvalue weighted by Crippen LogP contribution is -2.30. The first-order chi connectivity index (χ1) is 7.67. The van der Waals surface area contributed by atoms with Crippen LogP contribution in [0.25, 0.3) is 0 Å². The predicted molar refractivity (Wildman–Crippen MR) is 70.2 cm³/mol. The second kappa shape index (κ2) is 7.02. The number of hydrogen-bond donors (Lipinski definition) is 1. The molecule has 0 spiro atoms. The lowest BCUT2D eigenvalue weighted by molar-refractivity contribution is 0.485. The van der Waals surface area contributed by atoms with Crippen LogP contribution < -0.4 is 5.32 Å². The molecule has 0 saturated heterocycles. The van der Waals surface area contributed by atoms with Crippen LogP contribution in [-0.4, -0.2) is 12.6 Å². The van der Waals surface area contributed by atoms with Gasteiger partial charge in [-0.15, -0.1) is 0 Å². The first kappa shape index (κ1) is 13.7. The van der Waals surface area contributed by atoms with Crippen molar-refractivity contribution in [2.75, 3.05) is 6.54 Å². The van der Waals surface area contributed by atoms with E-state index in [1.807, 2.05) is 12.1 Å². The van der Waals surface area contributed by atoms with E-state index in [0.29, 0.717) is 10.5 Å². The highest BCUT2D eigenvalue weighted by Gasteiger charge is 2.08. The Labute approximate surface area is 106 Å². The van der Waals surface area contributed by atoms with Crippen molar-refractivity contribution in [2.24, 2.45) is 0 Å². The van der Waals surface area contributed by atoms with Crippen LogP contribution in [0.4, 0.5) is 4.39 Å². The van der Waals surface area contributed by atoms with Gasteiger partial charge in [-0.3, -0.25) is 0 Å². The van der Waals surface area contributed by atoms with Crippen LogP contribution >= 0.6 is 15.9 Å². The van der Waals surface area contributed by atoms with Crippen molar-refractivity contribution in [2.45, 2.75) is 39.2 Å². The van der Waals surface area contributed by atoms with Crippen LogP contribution in [0.15, 0.2) is 22.7 Å². The summed E-state index contributed by atoms with van der Waals surface area (Å²) in [5.41, 5.74) is 1.17. The average Bonchev–Trinajstić information content (AvgIpc) is 2.24. The molecule has 3 heteroatoms. The largest absolute Gasteiger partial charge is 0.314 e. The van der Waals surface area contributed by atoms with Gasteiger partial charge in [0, 0.05) is 6.04 Å². The summed E-state index contributed by atoms with van der Waals surface area (Å²) < 4.78 is 13.6. The molecule has 1 atom stereocenters. The second-order valence-corrected chi connectivity index (χ2v) is 4.85. The van der Waals surface area contributed by atoms with E-state index in [1.165, 1.54) is 18.1 Å². The molecule has 0 aliphatic carbocycles. The highest BCUT2D eigenvalue weighted by molar-refractivity contribution is 9.10. The van der Waals surface area contributed by atoms with E-state index in [4.69, 9.17) is 0 Å². The van der Waals surface area contributed by atoms with Crippen molar-refractivity contribution in [3.63, 3.8) is 0 Å². The number of halogens is 2. The van der Waals surface area contributed by atoms with E-state index in [1.54, 1.807) is 0 Å². The fourth-order valence-electron chi connectivity index (χ4n) is 1.86. The summed E-state index contributed by atoms with van der Waals surface area (Å²) in [6.07, 6.45) is 3.28. The minimum absolute atomic E-state index is 0.195. The molecule has 0 amide bonds. The summed E-state index contributed by atoms with van der Waals surface area (Å²) in [5.74, 6) is -0.195. The summed E-state index contributed by atoms with van der Waals surface area (Å²) in [6, 6.07) is 5.75. The van der Waals surface area contributed by atoms with Gasteiger partial charge >= 0.3 is 0 Å². The van der Waals surface area contributed by atoms with Crippen LogP contribution in [0.2, 0.25) is 0 Å². The van der Waals surface area contributed by atoms with Crippen LogP contribution in [0.5, 0.6) is 0 Å². The molecule has 0 aliphatic heterocycles. The lowest BCUT2D eigenvalue weighted by atomic mass is 10.0. The lowest BCUT2D eigenvalue weighted by Gasteiger charge is -2.17. The Kier molecular flexibility index (Phi) is 5.99. The van der Waals surface area contributed by atoms with Gasteiger partial charge in [0.2, 0.25) is 0 Å². The Morgan fingerprint density at radius 1 is 1.38 bits per heavy atom. The van der Waals surface area contributed by atoms with Gasteiger partial charge in [-0.25, -0.2) is 4.39 Å². The fraction of sp³-hybridized carbons (Fsp3) is 0.538. The van der Waals surface area contributed by atoms with Crippen LogP contribution in [0.3, 0.4) is 0 Å². The number of hydrogen-bond acceptors (Lipinski definition) is 1. The van der Waals surface area contributed by atoms with Gasteiger partial charge in [0.05, 0.1) is 4.47 Å². The summed E-state index contributed by atoms with van der Waals surface area (Å²) >= 11 is 3.22. The maximum absolute atomic E-state index is 13.1. The van der Waals surface area contributed by atoms with E-state index in [-0.39, 0.29) is 5.82 Å². The van der Waals surface area contributed by atoms with E-state index >= 15 is 0 Å². The van der Waals surface area contributed by atoms with Crippen LogP contribution in [0, 0.1) is 5.82 Å². The molecule has 90 valence electrons. The molecule has 0 heterocycles. The third-order valence-electron chi connectivity index (χ3n) is 2.60.